The van der Waals surface area contributed by atoms with E-state index in [1.54, 1.807) is 30.1 Å². The molecule has 0 atom stereocenters. The third-order valence-corrected chi connectivity index (χ3v) is 3.02. The Balaban J connectivity index is 2.87. The van der Waals surface area contributed by atoms with Gasteiger partial charge in [0.05, 0.1) is 5.69 Å². The fourth-order valence-corrected chi connectivity index (χ4v) is 1.86. The van der Waals surface area contributed by atoms with Gasteiger partial charge in [-0.25, -0.2) is 0 Å². The van der Waals surface area contributed by atoms with E-state index in [0.29, 0.717) is 17.7 Å². The molecule has 1 rings (SSSR count). The first-order valence-corrected chi connectivity index (χ1v) is 6.45. The van der Waals surface area contributed by atoms with Crippen LogP contribution in [0.4, 0.5) is 5.69 Å². The molecule has 0 aliphatic rings. The van der Waals surface area contributed by atoms with Gasteiger partial charge in [0, 0.05) is 19.0 Å². The molecule has 0 unspecified atom stereocenters. The molecular weight excluding hydrogens is 242 g/mol. The number of para-hydroxylation sites is 1. The molecule has 0 saturated carbocycles. The monoisotopic (exact) mass is 263 g/mol. The Bertz CT molecular complexity index is 458. The van der Waals surface area contributed by atoms with Crippen LogP contribution in [0, 0.1) is 0 Å². The maximum absolute atomic E-state index is 12.1. The lowest BCUT2D eigenvalue weighted by Gasteiger charge is -2.20. The zero-order valence-corrected chi connectivity index (χ0v) is 11.5. The van der Waals surface area contributed by atoms with Crippen LogP contribution in [0.3, 0.4) is 0 Å². The van der Waals surface area contributed by atoms with E-state index in [2.05, 4.69) is 12.1 Å². The lowest BCUT2D eigenvalue weighted by atomic mass is 10.1. The average Bonchev–Trinajstić information content (AvgIpc) is 2.45. The highest BCUT2D eigenvalue weighted by molar-refractivity contribution is 6.06. The van der Waals surface area contributed by atoms with Crippen molar-refractivity contribution < 1.29 is 10.0 Å². The van der Waals surface area contributed by atoms with Crippen molar-refractivity contribution in [3.63, 3.8) is 0 Å². The van der Waals surface area contributed by atoms with Gasteiger partial charge < -0.3 is 15.8 Å². The van der Waals surface area contributed by atoms with Gasteiger partial charge in [0.1, 0.15) is 0 Å². The number of amidine groups is 1. The van der Waals surface area contributed by atoms with Crippen LogP contribution >= 0.6 is 0 Å². The van der Waals surface area contributed by atoms with E-state index in [9.17, 15) is 4.79 Å². The SMILES string of the molecule is CCCCCC(=O)N(C)c1ccccc1C(N)=NO. The van der Waals surface area contributed by atoms with Gasteiger partial charge >= 0.3 is 0 Å². The highest BCUT2D eigenvalue weighted by Crippen LogP contribution is 2.20. The Labute approximate surface area is 113 Å². The minimum Gasteiger partial charge on any atom is -0.409 e. The van der Waals surface area contributed by atoms with Crippen LogP contribution in [0.25, 0.3) is 0 Å². The molecule has 1 aromatic rings. The normalized spacial score (nSPS) is 11.4. The summed E-state index contributed by atoms with van der Waals surface area (Å²) < 4.78 is 0. The predicted molar refractivity (Wildman–Crippen MR) is 76.5 cm³/mol. The molecule has 0 fully saturated rings. The van der Waals surface area contributed by atoms with Crippen LogP contribution in [-0.4, -0.2) is 24.0 Å². The number of hydrogen-bond acceptors (Lipinski definition) is 3. The number of carbonyl (C=O) groups excluding carboxylic acids is 1. The Hall–Kier alpha value is -2.04. The molecule has 0 aliphatic carbocycles. The van der Waals surface area contributed by atoms with Crippen LogP contribution in [0.1, 0.15) is 38.2 Å². The van der Waals surface area contributed by atoms with E-state index < -0.39 is 0 Å². The summed E-state index contributed by atoms with van der Waals surface area (Å²) >= 11 is 0. The highest BCUT2D eigenvalue weighted by atomic mass is 16.4. The smallest absolute Gasteiger partial charge is 0.226 e. The van der Waals surface area contributed by atoms with Gasteiger partial charge in [0.2, 0.25) is 5.91 Å². The second kappa shape index (κ2) is 7.41. The molecule has 1 aromatic carbocycles. The molecule has 0 aromatic heterocycles. The molecule has 1 amide bonds. The molecular formula is C14H21N3O2. The topological polar surface area (TPSA) is 78.9 Å². The summed E-state index contributed by atoms with van der Waals surface area (Å²) in [5.74, 6) is 0.0375. The van der Waals surface area contributed by atoms with E-state index in [1.165, 1.54) is 0 Å². The third-order valence-electron chi connectivity index (χ3n) is 3.02. The van der Waals surface area contributed by atoms with Crippen molar-refractivity contribution in [2.75, 3.05) is 11.9 Å². The third kappa shape index (κ3) is 3.98. The fraction of sp³-hybridized carbons (Fsp3) is 0.429. The number of amides is 1. The lowest BCUT2D eigenvalue weighted by Crippen LogP contribution is -2.28. The summed E-state index contributed by atoms with van der Waals surface area (Å²) in [7, 11) is 1.71. The minimum absolute atomic E-state index is 0.00353. The second-order valence-corrected chi connectivity index (χ2v) is 4.41. The molecule has 3 N–H and O–H groups in total. The van der Waals surface area contributed by atoms with E-state index in [-0.39, 0.29) is 11.7 Å². The number of hydrogen-bond donors (Lipinski definition) is 2. The molecule has 104 valence electrons. The van der Waals surface area contributed by atoms with Crippen molar-refractivity contribution in [1.29, 1.82) is 0 Å². The Kier molecular flexibility index (Phi) is 5.85. The largest absolute Gasteiger partial charge is 0.409 e. The van der Waals surface area contributed by atoms with E-state index in [0.717, 1.165) is 19.3 Å². The maximum atomic E-state index is 12.1. The molecule has 0 radical (unpaired) electrons. The zero-order chi connectivity index (χ0) is 14.3. The van der Waals surface area contributed by atoms with Gasteiger partial charge in [-0.15, -0.1) is 0 Å². The molecule has 0 aliphatic heterocycles. The number of nitrogens with two attached hydrogens (primary N) is 1. The summed E-state index contributed by atoms with van der Waals surface area (Å²) in [5.41, 5.74) is 6.82. The summed E-state index contributed by atoms with van der Waals surface area (Å²) in [5, 5.41) is 11.8. The van der Waals surface area contributed by atoms with Crippen molar-refractivity contribution in [3.8, 4) is 0 Å². The summed E-state index contributed by atoms with van der Waals surface area (Å²) in [6, 6.07) is 7.11. The first kappa shape index (κ1) is 15.0. The van der Waals surface area contributed by atoms with Crippen LogP contribution in [0.2, 0.25) is 0 Å². The molecule has 0 bridgehead atoms. The lowest BCUT2D eigenvalue weighted by molar-refractivity contribution is -0.118. The van der Waals surface area contributed by atoms with Gasteiger partial charge in [-0.1, -0.05) is 37.1 Å². The van der Waals surface area contributed by atoms with Crippen LogP contribution < -0.4 is 10.6 Å². The summed E-state index contributed by atoms with van der Waals surface area (Å²) in [4.78, 5) is 13.6. The number of benzene rings is 1. The van der Waals surface area contributed by atoms with Crippen LogP contribution in [-0.2, 0) is 4.79 Å². The van der Waals surface area contributed by atoms with Gasteiger partial charge in [0.25, 0.3) is 0 Å². The van der Waals surface area contributed by atoms with Crippen molar-refractivity contribution in [1.82, 2.24) is 0 Å². The minimum atomic E-state index is 0.00353. The van der Waals surface area contributed by atoms with Crippen molar-refractivity contribution in [2.24, 2.45) is 10.9 Å². The van der Waals surface area contributed by atoms with Crippen molar-refractivity contribution in [3.05, 3.63) is 29.8 Å². The Morgan fingerprint density at radius 1 is 1.37 bits per heavy atom. The van der Waals surface area contributed by atoms with Gasteiger partial charge in [-0.05, 0) is 18.6 Å². The number of anilines is 1. The van der Waals surface area contributed by atoms with Crippen LogP contribution in [0.15, 0.2) is 29.4 Å². The number of unbranched alkanes of at least 4 members (excludes halogenated alkanes) is 2. The second-order valence-electron chi connectivity index (χ2n) is 4.41. The first-order valence-electron chi connectivity index (χ1n) is 6.45. The first-order chi connectivity index (χ1) is 9.11. The van der Waals surface area contributed by atoms with E-state index >= 15 is 0 Å². The predicted octanol–water partition coefficient (Wildman–Crippen LogP) is 2.32. The molecule has 0 saturated heterocycles. The number of nitrogens with zero attached hydrogens (tertiary/aromatic N) is 2. The van der Waals surface area contributed by atoms with Gasteiger partial charge in [-0.2, -0.15) is 0 Å². The van der Waals surface area contributed by atoms with E-state index in [1.807, 2.05) is 6.07 Å². The Morgan fingerprint density at radius 3 is 2.68 bits per heavy atom. The fourth-order valence-electron chi connectivity index (χ4n) is 1.86. The summed E-state index contributed by atoms with van der Waals surface area (Å²) in [6.45, 7) is 2.10. The molecule has 5 nitrogen and oxygen atoms in total. The van der Waals surface area contributed by atoms with E-state index in [4.69, 9.17) is 10.9 Å². The van der Waals surface area contributed by atoms with Crippen LogP contribution in [0.5, 0.6) is 0 Å². The van der Waals surface area contributed by atoms with Crippen molar-refractivity contribution in [2.45, 2.75) is 32.6 Å². The van der Waals surface area contributed by atoms with Gasteiger partial charge in [0.15, 0.2) is 5.84 Å². The average molecular weight is 263 g/mol. The molecule has 19 heavy (non-hydrogen) atoms. The molecule has 5 heteroatoms. The standard InChI is InChI=1S/C14H21N3O2/c1-3-4-5-10-13(18)17(2)12-9-7-6-8-11(12)14(15)16-19/h6-9,19H,3-5,10H2,1-2H3,(H2,15,16). The quantitative estimate of drug-likeness (QED) is 0.272. The number of rotatable bonds is 6. The summed E-state index contributed by atoms with van der Waals surface area (Å²) in [6.07, 6.45) is 3.51. The number of carbonyl (C=O) groups is 1. The zero-order valence-electron chi connectivity index (χ0n) is 11.5. The molecule has 0 heterocycles. The molecule has 0 spiro atoms. The van der Waals surface area contributed by atoms with Crippen molar-refractivity contribution >= 4 is 17.4 Å². The highest BCUT2D eigenvalue weighted by Gasteiger charge is 2.15. The number of oxime groups is 1. The Morgan fingerprint density at radius 2 is 2.05 bits per heavy atom. The van der Waals surface area contributed by atoms with Gasteiger partial charge in [-0.3, -0.25) is 4.79 Å². The maximum Gasteiger partial charge on any atom is 0.226 e.